The van der Waals surface area contributed by atoms with Gasteiger partial charge in [-0.1, -0.05) is 72.9 Å². The summed E-state index contributed by atoms with van der Waals surface area (Å²) in [6.45, 7) is 3.07. The molecule has 0 aliphatic heterocycles. The molecule has 0 saturated heterocycles. The van der Waals surface area contributed by atoms with Crippen LogP contribution in [0, 0.1) is 4.51 Å². The molecule has 0 saturated carbocycles. The van der Waals surface area contributed by atoms with Gasteiger partial charge in [-0.25, -0.2) is 0 Å². The van der Waals surface area contributed by atoms with E-state index >= 15 is 0 Å². The Kier molecular flexibility index (Phi) is 3.98. The average molecular weight is 291 g/mol. The lowest BCUT2D eigenvalue weighted by Crippen LogP contribution is -1.98. The fourth-order valence-electron chi connectivity index (χ4n) is 2.46. The summed E-state index contributed by atoms with van der Waals surface area (Å²) in [5.74, 6) is 0. The van der Waals surface area contributed by atoms with E-state index in [2.05, 4.69) is 72.4 Å². The van der Waals surface area contributed by atoms with Crippen LogP contribution >= 0.6 is 12.2 Å². The Hall–Kier alpha value is -2.19. The van der Waals surface area contributed by atoms with Crippen molar-refractivity contribution >= 4 is 12.2 Å². The highest BCUT2D eigenvalue weighted by molar-refractivity contribution is 7.71. The van der Waals surface area contributed by atoms with Crippen molar-refractivity contribution in [2.75, 3.05) is 0 Å². The second kappa shape index (κ2) is 6.06. The molecule has 2 heteroatoms. The lowest BCUT2D eigenvalue weighted by atomic mass is 10.0. The van der Waals surface area contributed by atoms with Gasteiger partial charge in [0.15, 0.2) is 0 Å². The highest BCUT2D eigenvalue weighted by Gasteiger charge is 2.07. The molecule has 1 nitrogen and oxygen atoms in total. The summed E-state index contributed by atoms with van der Waals surface area (Å²) < 4.78 is 3.11. The number of aromatic nitrogens is 1. The van der Waals surface area contributed by atoms with Gasteiger partial charge in [-0.3, -0.25) is 0 Å². The predicted molar refractivity (Wildman–Crippen MR) is 91.8 cm³/mol. The van der Waals surface area contributed by atoms with Crippen LogP contribution in [0.1, 0.15) is 6.92 Å². The molecule has 0 unspecified atom stereocenters. The quantitative estimate of drug-likeness (QED) is 0.571. The molecule has 1 heterocycles. The maximum Gasteiger partial charge on any atom is 0.0563 e. The smallest absolute Gasteiger partial charge is 0.0563 e. The van der Waals surface area contributed by atoms with Gasteiger partial charge in [0, 0.05) is 30.1 Å². The largest absolute Gasteiger partial charge is 0.353 e. The number of hydrogen-bond acceptors (Lipinski definition) is 1. The van der Waals surface area contributed by atoms with Gasteiger partial charge in [0.25, 0.3) is 0 Å². The number of rotatable bonds is 3. The Morgan fingerprint density at radius 2 is 1.19 bits per heavy atom. The lowest BCUT2D eigenvalue weighted by molar-refractivity contribution is 0.758. The van der Waals surface area contributed by atoms with Crippen LogP contribution < -0.4 is 0 Å². The zero-order valence-electron chi connectivity index (χ0n) is 12.0. The number of aryl methyl sites for hydroxylation is 1. The summed E-state index contributed by atoms with van der Waals surface area (Å²) in [4.78, 5) is 0. The van der Waals surface area contributed by atoms with Gasteiger partial charge in [0.05, 0.1) is 4.51 Å². The minimum absolute atomic E-state index is 0.914. The van der Waals surface area contributed by atoms with Crippen LogP contribution in [0.3, 0.4) is 0 Å². The lowest BCUT2D eigenvalue weighted by Gasteiger charge is -2.12. The van der Waals surface area contributed by atoms with Gasteiger partial charge in [-0.05, 0) is 18.1 Å². The molecule has 0 atom stereocenters. The van der Waals surface area contributed by atoms with Gasteiger partial charge in [0.2, 0.25) is 0 Å². The van der Waals surface area contributed by atoms with E-state index < -0.39 is 0 Å². The maximum atomic E-state index is 5.75. The van der Waals surface area contributed by atoms with E-state index in [1.807, 2.05) is 12.1 Å². The Morgan fingerprint density at radius 3 is 1.57 bits per heavy atom. The third-order valence-electron chi connectivity index (χ3n) is 3.61. The molecule has 3 aromatic rings. The molecule has 0 fully saturated rings. The number of pyridine rings is 1. The van der Waals surface area contributed by atoms with E-state index in [1.165, 1.54) is 11.1 Å². The van der Waals surface area contributed by atoms with E-state index in [-0.39, 0.29) is 0 Å². The normalized spacial score (nSPS) is 10.5. The number of benzene rings is 2. The predicted octanol–water partition coefficient (Wildman–Crippen LogP) is 5.57. The molecule has 104 valence electrons. The Bertz CT molecular complexity index is 725. The second-order valence-corrected chi connectivity index (χ2v) is 5.39. The van der Waals surface area contributed by atoms with Crippen molar-refractivity contribution in [3.63, 3.8) is 0 Å². The first kappa shape index (κ1) is 13.8. The fourth-order valence-corrected chi connectivity index (χ4v) is 2.80. The first-order chi connectivity index (χ1) is 10.3. The second-order valence-electron chi connectivity index (χ2n) is 4.98. The van der Waals surface area contributed by atoms with Crippen molar-refractivity contribution in [3.05, 3.63) is 77.6 Å². The molecule has 21 heavy (non-hydrogen) atoms. The molecule has 1 aromatic heterocycles. The van der Waals surface area contributed by atoms with Crippen LogP contribution in [-0.2, 0) is 6.54 Å². The van der Waals surface area contributed by atoms with Crippen molar-refractivity contribution in [1.29, 1.82) is 0 Å². The maximum absolute atomic E-state index is 5.75. The van der Waals surface area contributed by atoms with E-state index in [1.54, 1.807) is 0 Å². The van der Waals surface area contributed by atoms with Gasteiger partial charge in [-0.2, -0.15) is 0 Å². The summed E-state index contributed by atoms with van der Waals surface area (Å²) in [6.07, 6.45) is 4.29. The van der Waals surface area contributed by atoms with E-state index in [4.69, 9.17) is 12.2 Å². The summed E-state index contributed by atoms with van der Waals surface area (Å²) >= 11 is 5.75. The van der Waals surface area contributed by atoms with Crippen LogP contribution in [0.4, 0.5) is 0 Å². The first-order valence-electron chi connectivity index (χ1n) is 7.14. The standard InChI is InChI=1S/C19H17NS/c1-2-20-13-17(15-9-5-3-6-10-15)19(21)18(14-20)16-11-7-4-8-12-16/h3-14H,2H2,1H3. The Balaban J connectivity index is 2.25. The first-order valence-corrected chi connectivity index (χ1v) is 7.55. The highest BCUT2D eigenvalue weighted by Crippen LogP contribution is 2.28. The minimum Gasteiger partial charge on any atom is -0.353 e. The van der Waals surface area contributed by atoms with Crippen molar-refractivity contribution in [2.45, 2.75) is 13.5 Å². The zero-order valence-corrected chi connectivity index (χ0v) is 12.8. The van der Waals surface area contributed by atoms with E-state index in [0.29, 0.717) is 0 Å². The van der Waals surface area contributed by atoms with Crippen molar-refractivity contribution in [2.24, 2.45) is 0 Å². The third kappa shape index (κ3) is 2.81. The highest BCUT2D eigenvalue weighted by atomic mass is 32.1. The summed E-state index contributed by atoms with van der Waals surface area (Å²) in [7, 11) is 0. The van der Waals surface area contributed by atoms with Crippen LogP contribution in [0.25, 0.3) is 22.3 Å². The summed E-state index contributed by atoms with van der Waals surface area (Å²) in [5, 5.41) is 0. The molecular formula is C19H17NS. The molecule has 2 aromatic carbocycles. The fraction of sp³-hybridized carbons (Fsp3) is 0.105. The van der Waals surface area contributed by atoms with Crippen LogP contribution in [0.15, 0.2) is 73.1 Å². The Labute approximate surface area is 130 Å². The van der Waals surface area contributed by atoms with Crippen molar-refractivity contribution in [1.82, 2.24) is 4.57 Å². The van der Waals surface area contributed by atoms with Crippen LogP contribution in [0.2, 0.25) is 0 Å². The number of nitrogens with zero attached hydrogens (tertiary/aromatic N) is 1. The van der Waals surface area contributed by atoms with Crippen LogP contribution in [-0.4, -0.2) is 4.57 Å². The summed E-state index contributed by atoms with van der Waals surface area (Å²) in [5.41, 5.74) is 4.58. The van der Waals surface area contributed by atoms with Gasteiger partial charge in [0.1, 0.15) is 0 Å². The topological polar surface area (TPSA) is 4.93 Å². The van der Waals surface area contributed by atoms with Crippen molar-refractivity contribution < 1.29 is 0 Å². The van der Waals surface area contributed by atoms with Gasteiger partial charge in [-0.15, -0.1) is 0 Å². The summed E-state index contributed by atoms with van der Waals surface area (Å²) in [6, 6.07) is 20.7. The Morgan fingerprint density at radius 1 is 0.762 bits per heavy atom. The molecule has 0 bridgehead atoms. The molecule has 0 radical (unpaired) electrons. The van der Waals surface area contributed by atoms with Crippen molar-refractivity contribution in [3.8, 4) is 22.3 Å². The molecule has 0 N–H and O–H groups in total. The molecule has 0 aliphatic rings. The van der Waals surface area contributed by atoms with Crippen LogP contribution in [0.5, 0.6) is 0 Å². The third-order valence-corrected chi connectivity index (χ3v) is 4.05. The van der Waals surface area contributed by atoms with E-state index in [9.17, 15) is 0 Å². The van der Waals surface area contributed by atoms with Gasteiger partial charge < -0.3 is 4.57 Å². The molecule has 3 rings (SSSR count). The molecular weight excluding hydrogens is 274 g/mol. The van der Waals surface area contributed by atoms with Gasteiger partial charge >= 0.3 is 0 Å². The monoisotopic (exact) mass is 291 g/mol. The molecule has 0 aliphatic carbocycles. The molecule has 0 spiro atoms. The number of hydrogen-bond donors (Lipinski definition) is 0. The zero-order chi connectivity index (χ0) is 14.7. The minimum atomic E-state index is 0.914. The average Bonchev–Trinajstić information content (AvgIpc) is 2.57. The SMILES string of the molecule is CCn1cc(-c2ccccc2)c(=S)c(-c2ccccc2)c1. The van der Waals surface area contributed by atoms with E-state index in [0.717, 1.165) is 22.2 Å². The molecule has 0 amide bonds.